The molecule has 4 rings (SSSR count). The topological polar surface area (TPSA) is 55.2 Å². The molecule has 1 unspecified atom stereocenters. The zero-order chi connectivity index (χ0) is 20.4. The van der Waals surface area contributed by atoms with Gasteiger partial charge in [-0.15, -0.1) is 0 Å². The van der Waals surface area contributed by atoms with Gasteiger partial charge in [-0.05, 0) is 49.1 Å². The smallest absolute Gasteiger partial charge is 0.255 e. The van der Waals surface area contributed by atoms with Crippen molar-refractivity contribution in [2.75, 3.05) is 6.54 Å². The van der Waals surface area contributed by atoms with Crippen LogP contribution in [-0.2, 0) is 7.05 Å². The number of hydrogen-bond donors (Lipinski definition) is 0. The Labute approximate surface area is 168 Å². The predicted octanol–water partition coefficient (Wildman–Crippen LogP) is 3.95. The number of aromatic nitrogens is 2. The van der Waals surface area contributed by atoms with Gasteiger partial charge in [-0.25, -0.2) is 4.39 Å². The summed E-state index contributed by atoms with van der Waals surface area (Å²) in [6.45, 7) is 0.654. The van der Waals surface area contributed by atoms with Gasteiger partial charge in [0.15, 0.2) is 0 Å². The molecule has 29 heavy (non-hydrogen) atoms. The number of likely N-dealkylation sites (tertiary alicyclic amines) is 1. The fraction of sp³-hybridized carbons (Fsp3) is 0.261. The van der Waals surface area contributed by atoms with Gasteiger partial charge in [0.2, 0.25) is 5.56 Å². The highest BCUT2D eigenvalue weighted by molar-refractivity contribution is 5.94. The maximum Gasteiger partial charge on any atom is 0.255 e. The van der Waals surface area contributed by atoms with E-state index in [1.54, 1.807) is 49.8 Å². The Hall–Kier alpha value is -3.28. The van der Waals surface area contributed by atoms with Crippen LogP contribution in [0, 0.1) is 5.82 Å². The molecule has 0 radical (unpaired) electrons. The molecule has 0 spiro atoms. The molecule has 0 N–H and O–H groups in total. The van der Waals surface area contributed by atoms with Crippen LogP contribution in [0.25, 0.3) is 11.3 Å². The first-order chi connectivity index (χ1) is 14.0. The van der Waals surface area contributed by atoms with Crippen molar-refractivity contribution in [3.8, 4) is 11.3 Å². The number of carbonyl (C=O) groups is 1. The Morgan fingerprint density at radius 3 is 2.66 bits per heavy atom. The number of amides is 1. The van der Waals surface area contributed by atoms with Crippen molar-refractivity contribution in [2.24, 2.45) is 7.05 Å². The van der Waals surface area contributed by atoms with E-state index in [0.717, 1.165) is 24.8 Å². The van der Waals surface area contributed by atoms with Crippen LogP contribution in [0.5, 0.6) is 0 Å². The summed E-state index contributed by atoms with van der Waals surface area (Å²) in [5.41, 5.74) is 2.31. The van der Waals surface area contributed by atoms with Gasteiger partial charge in [0.1, 0.15) is 5.82 Å². The van der Waals surface area contributed by atoms with E-state index in [2.05, 4.69) is 4.98 Å². The molecule has 148 valence electrons. The summed E-state index contributed by atoms with van der Waals surface area (Å²) < 4.78 is 15.4. The highest BCUT2D eigenvalue weighted by Gasteiger charge is 2.29. The van der Waals surface area contributed by atoms with Gasteiger partial charge in [0.25, 0.3) is 5.91 Å². The average molecular weight is 391 g/mol. The van der Waals surface area contributed by atoms with E-state index < -0.39 is 0 Å². The van der Waals surface area contributed by atoms with Gasteiger partial charge in [-0.3, -0.25) is 14.6 Å². The van der Waals surface area contributed by atoms with E-state index in [4.69, 9.17) is 0 Å². The van der Waals surface area contributed by atoms with Gasteiger partial charge >= 0.3 is 0 Å². The van der Waals surface area contributed by atoms with Crippen LogP contribution < -0.4 is 5.56 Å². The predicted molar refractivity (Wildman–Crippen MR) is 109 cm³/mol. The lowest BCUT2D eigenvalue weighted by atomic mass is 9.95. The van der Waals surface area contributed by atoms with Crippen molar-refractivity contribution in [1.82, 2.24) is 14.5 Å². The van der Waals surface area contributed by atoms with Crippen molar-refractivity contribution < 1.29 is 9.18 Å². The number of nitrogens with zero attached hydrogens (tertiary/aromatic N) is 3. The molecular formula is C23H22FN3O2. The van der Waals surface area contributed by atoms with E-state index in [-0.39, 0.29) is 23.3 Å². The highest BCUT2D eigenvalue weighted by atomic mass is 19.1. The molecule has 5 nitrogen and oxygen atoms in total. The molecule has 2 aromatic heterocycles. The fourth-order valence-corrected chi connectivity index (χ4v) is 3.84. The minimum absolute atomic E-state index is 0.0874. The number of carbonyl (C=O) groups excluding carboxylic acids is 1. The fourth-order valence-electron chi connectivity index (χ4n) is 3.84. The summed E-state index contributed by atoms with van der Waals surface area (Å²) in [6.07, 6.45) is 6.12. The van der Waals surface area contributed by atoms with Crippen LogP contribution in [0.3, 0.4) is 0 Å². The van der Waals surface area contributed by atoms with Crippen LogP contribution in [0.15, 0.2) is 65.7 Å². The lowest BCUT2D eigenvalue weighted by Crippen LogP contribution is -2.39. The van der Waals surface area contributed by atoms with Crippen molar-refractivity contribution in [1.29, 1.82) is 0 Å². The average Bonchev–Trinajstić information content (AvgIpc) is 2.76. The normalized spacial score (nSPS) is 16.6. The maximum atomic E-state index is 14.0. The Kier molecular flexibility index (Phi) is 5.25. The molecule has 0 bridgehead atoms. The Bertz CT molecular complexity index is 1090. The van der Waals surface area contributed by atoms with Gasteiger partial charge in [0, 0.05) is 37.6 Å². The van der Waals surface area contributed by atoms with Crippen molar-refractivity contribution in [3.05, 3.63) is 88.2 Å². The summed E-state index contributed by atoms with van der Waals surface area (Å²) in [5.74, 6) is -0.402. The first-order valence-electron chi connectivity index (χ1n) is 9.73. The van der Waals surface area contributed by atoms with Gasteiger partial charge in [-0.2, -0.15) is 0 Å². The Morgan fingerprint density at radius 2 is 1.93 bits per heavy atom. The van der Waals surface area contributed by atoms with Gasteiger partial charge < -0.3 is 9.47 Å². The Balaban J connectivity index is 1.62. The standard InChI is InChI=1S/C23H22FN3O2/c1-26-15-17(10-12-22(26)28)23(29)27-13-5-4-8-21(27)16-9-11-20(25-14-16)18-6-2-3-7-19(18)24/h2-3,6-7,9-12,14-15,21H,4-5,8,13H2,1H3. The van der Waals surface area contributed by atoms with E-state index >= 15 is 0 Å². The lowest BCUT2D eigenvalue weighted by molar-refractivity contribution is 0.0610. The Morgan fingerprint density at radius 1 is 1.10 bits per heavy atom. The first-order valence-corrected chi connectivity index (χ1v) is 9.73. The summed E-state index contributed by atoms with van der Waals surface area (Å²) in [4.78, 5) is 31.1. The number of benzene rings is 1. The molecular weight excluding hydrogens is 369 g/mol. The number of halogens is 1. The van der Waals surface area contributed by atoms with Crippen LogP contribution in [-0.4, -0.2) is 26.9 Å². The van der Waals surface area contributed by atoms with E-state index in [1.165, 1.54) is 16.7 Å². The van der Waals surface area contributed by atoms with E-state index in [0.29, 0.717) is 23.4 Å². The van der Waals surface area contributed by atoms with E-state index in [9.17, 15) is 14.0 Å². The molecule has 1 aliphatic rings. The molecule has 1 amide bonds. The molecule has 6 heteroatoms. The zero-order valence-electron chi connectivity index (χ0n) is 16.2. The van der Waals surface area contributed by atoms with Crippen LogP contribution >= 0.6 is 0 Å². The molecule has 0 saturated carbocycles. The van der Waals surface area contributed by atoms with Gasteiger partial charge in [0.05, 0.1) is 17.3 Å². The molecule has 1 aromatic carbocycles. The van der Waals surface area contributed by atoms with Crippen molar-refractivity contribution in [2.45, 2.75) is 25.3 Å². The van der Waals surface area contributed by atoms with Crippen molar-refractivity contribution in [3.63, 3.8) is 0 Å². The SMILES string of the molecule is Cn1cc(C(=O)N2CCCCC2c2ccc(-c3ccccc3F)nc2)ccc1=O. The number of rotatable bonds is 3. The second-order valence-corrected chi connectivity index (χ2v) is 7.33. The maximum absolute atomic E-state index is 14.0. The molecule has 0 aliphatic carbocycles. The molecule has 3 aromatic rings. The summed E-state index contributed by atoms with van der Waals surface area (Å²) in [6, 6.07) is 13.2. The monoisotopic (exact) mass is 391 g/mol. The van der Waals surface area contributed by atoms with Crippen LogP contribution in [0.4, 0.5) is 4.39 Å². The van der Waals surface area contributed by atoms with Crippen LogP contribution in [0.2, 0.25) is 0 Å². The highest BCUT2D eigenvalue weighted by Crippen LogP contribution is 2.32. The first kappa shape index (κ1) is 19.1. The number of piperidine rings is 1. The quantitative estimate of drug-likeness (QED) is 0.679. The van der Waals surface area contributed by atoms with Crippen LogP contribution in [0.1, 0.15) is 41.2 Å². The van der Waals surface area contributed by atoms with Crippen molar-refractivity contribution >= 4 is 5.91 Å². The second kappa shape index (κ2) is 7.99. The minimum atomic E-state index is -0.308. The zero-order valence-corrected chi connectivity index (χ0v) is 16.2. The molecule has 1 aliphatic heterocycles. The number of hydrogen-bond acceptors (Lipinski definition) is 3. The second-order valence-electron chi connectivity index (χ2n) is 7.33. The lowest BCUT2D eigenvalue weighted by Gasteiger charge is -2.36. The third-order valence-corrected chi connectivity index (χ3v) is 5.42. The molecule has 1 atom stereocenters. The van der Waals surface area contributed by atoms with E-state index in [1.807, 2.05) is 11.0 Å². The van der Waals surface area contributed by atoms with Gasteiger partial charge in [-0.1, -0.05) is 18.2 Å². The third-order valence-electron chi connectivity index (χ3n) is 5.42. The summed E-state index contributed by atoms with van der Waals surface area (Å²) in [7, 11) is 1.64. The molecule has 1 saturated heterocycles. The molecule has 1 fully saturated rings. The summed E-state index contributed by atoms with van der Waals surface area (Å²) in [5, 5.41) is 0. The molecule has 3 heterocycles. The number of aryl methyl sites for hydroxylation is 1. The number of pyridine rings is 2. The minimum Gasteiger partial charge on any atom is -0.332 e. The summed E-state index contributed by atoms with van der Waals surface area (Å²) >= 11 is 0. The largest absolute Gasteiger partial charge is 0.332 e. The third kappa shape index (κ3) is 3.83.